The van der Waals surface area contributed by atoms with Crippen LogP contribution in [0.4, 0.5) is 4.39 Å². The van der Waals surface area contributed by atoms with E-state index in [4.69, 9.17) is 16.3 Å². The fourth-order valence-corrected chi connectivity index (χ4v) is 4.50. The first kappa shape index (κ1) is 18.1. The Morgan fingerprint density at radius 3 is 2.68 bits per heavy atom. The largest absolute Gasteiger partial charge is 0.489 e. The number of benzene rings is 1. The van der Waals surface area contributed by atoms with Gasteiger partial charge in [0.1, 0.15) is 17.7 Å². The number of rotatable bonds is 5. The molecule has 0 atom stereocenters. The Morgan fingerprint density at radius 2 is 2.04 bits per heavy atom. The van der Waals surface area contributed by atoms with Crippen LogP contribution in [0.5, 0.6) is 5.75 Å². The van der Waals surface area contributed by atoms with Crippen LogP contribution in [0.25, 0.3) is 0 Å². The third kappa shape index (κ3) is 4.68. The van der Waals surface area contributed by atoms with Crippen LogP contribution in [0.15, 0.2) is 42.7 Å². The van der Waals surface area contributed by atoms with Gasteiger partial charge in [0.25, 0.3) is 0 Å². The third-order valence-electron chi connectivity index (χ3n) is 4.08. The molecule has 0 aliphatic carbocycles. The molecule has 1 aliphatic rings. The highest BCUT2D eigenvalue weighted by Gasteiger charge is 2.29. The maximum Gasteiger partial charge on any atom is 0.218 e. The van der Waals surface area contributed by atoms with E-state index < -0.39 is 15.8 Å². The summed E-state index contributed by atoms with van der Waals surface area (Å²) in [4.78, 5) is 3.99. The minimum absolute atomic E-state index is 0.0529. The van der Waals surface area contributed by atoms with Gasteiger partial charge in [-0.3, -0.25) is 4.98 Å². The maximum absolute atomic E-state index is 13.9. The number of aromatic nitrogens is 1. The van der Waals surface area contributed by atoms with Crippen molar-refractivity contribution < 1.29 is 17.5 Å². The van der Waals surface area contributed by atoms with Gasteiger partial charge < -0.3 is 4.74 Å². The lowest BCUT2D eigenvalue weighted by atomic mass is 10.1. The number of hydrogen-bond acceptors (Lipinski definition) is 4. The van der Waals surface area contributed by atoms with Crippen molar-refractivity contribution in [1.82, 2.24) is 9.29 Å². The van der Waals surface area contributed by atoms with Gasteiger partial charge in [-0.15, -0.1) is 0 Å². The summed E-state index contributed by atoms with van der Waals surface area (Å²) < 4.78 is 46.1. The fourth-order valence-electron chi connectivity index (χ4n) is 2.76. The monoisotopic (exact) mass is 384 g/mol. The van der Waals surface area contributed by atoms with Gasteiger partial charge in [0.2, 0.25) is 10.0 Å². The first-order valence-electron chi connectivity index (χ1n) is 7.92. The summed E-state index contributed by atoms with van der Waals surface area (Å²) in [6, 6.07) is 7.63. The van der Waals surface area contributed by atoms with Crippen molar-refractivity contribution in [2.45, 2.75) is 24.7 Å². The average molecular weight is 385 g/mol. The summed E-state index contributed by atoms with van der Waals surface area (Å²) in [7, 11) is -3.59. The van der Waals surface area contributed by atoms with Gasteiger partial charge in [0.05, 0.1) is 11.9 Å². The first-order chi connectivity index (χ1) is 11.9. The number of pyridine rings is 1. The first-order valence-corrected chi connectivity index (χ1v) is 9.91. The Morgan fingerprint density at radius 1 is 1.28 bits per heavy atom. The van der Waals surface area contributed by atoms with Gasteiger partial charge in [-0.2, -0.15) is 0 Å². The number of nitrogens with zero attached hydrogens (tertiary/aromatic N) is 2. The molecule has 0 amide bonds. The second-order valence-corrected chi connectivity index (χ2v) is 8.30. The molecule has 3 rings (SSSR count). The number of hydrogen-bond donors (Lipinski definition) is 0. The smallest absolute Gasteiger partial charge is 0.218 e. The summed E-state index contributed by atoms with van der Waals surface area (Å²) in [5.41, 5.74) is 0.123. The number of ether oxygens (including phenoxy) is 1. The van der Waals surface area contributed by atoms with Gasteiger partial charge >= 0.3 is 0 Å². The highest BCUT2D eigenvalue weighted by atomic mass is 35.5. The third-order valence-corrected chi connectivity index (χ3v) is 6.15. The number of piperidine rings is 1. The molecular weight excluding hydrogens is 367 g/mol. The SMILES string of the molecule is O=S(=O)(Cc1ccc(Cl)cc1F)N1CCC(Oc2cccnc2)CC1. The van der Waals surface area contributed by atoms with Crippen molar-refractivity contribution in [3.63, 3.8) is 0 Å². The molecule has 2 heterocycles. The Balaban J connectivity index is 1.59. The van der Waals surface area contributed by atoms with E-state index in [1.807, 2.05) is 6.07 Å². The molecule has 2 aromatic rings. The molecule has 0 spiro atoms. The average Bonchev–Trinajstić information content (AvgIpc) is 2.59. The van der Waals surface area contributed by atoms with Gasteiger partial charge in [-0.1, -0.05) is 17.7 Å². The van der Waals surface area contributed by atoms with E-state index >= 15 is 0 Å². The second kappa shape index (κ2) is 7.68. The van der Waals surface area contributed by atoms with E-state index in [1.165, 1.54) is 16.4 Å². The van der Waals surface area contributed by atoms with E-state index in [0.717, 1.165) is 6.07 Å². The topological polar surface area (TPSA) is 59.5 Å². The summed E-state index contributed by atoms with van der Waals surface area (Å²) in [5, 5.41) is 0.243. The van der Waals surface area contributed by atoms with Crippen molar-refractivity contribution in [3.8, 4) is 5.75 Å². The molecule has 0 radical (unpaired) electrons. The molecule has 1 fully saturated rings. The lowest BCUT2D eigenvalue weighted by Gasteiger charge is -2.31. The molecule has 25 heavy (non-hydrogen) atoms. The van der Waals surface area contributed by atoms with Crippen LogP contribution in [-0.4, -0.2) is 36.9 Å². The van der Waals surface area contributed by atoms with Crippen LogP contribution >= 0.6 is 11.6 Å². The van der Waals surface area contributed by atoms with Crippen molar-refractivity contribution in [3.05, 3.63) is 59.1 Å². The van der Waals surface area contributed by atoms with E-state index in [1.54, 1.807) is 18.5 Å². The normalized spacial score (nSPS) is 16.7. The molecule has 0 saturated carbocycles. The van der Waals surface area contributed by atoms with Crippen LogP contribution in [0, 0.1) is 5.82 Å². The van der Waals surface area contributed by atoms with Gasteiger partial charge in [-0.25, -0.2) is 17.1 Å². The van der Waals surface area contributed by atoms with E-state index in [-0.39, 0.29) is 22.4 Å². The van der Waals surface area contributed by atoms with E-state index in [2.05, 4.69) is 4.98 Å². The van der Waals surface area contributed by atoms with Crippen LogP contribution in [-0.2, 0) is 15.8 Å². The van der Waals surface area contributed by atoms with E-state index in [9.17, 15) is 12.8 Å². The summed E-state index contributed by atoms with van der Waals surface area (Å²) in [6.45, 7) is 0.699. The van der Waals surface area contributed by atoms with E-state index in [0.29, 0.717) is 31.7 Å². The van der Waals surface area contributed by atoms with Crippen LogP contribution in [0.2, 0.25) is 5.02 Å². The lowest BCUT2D eigenvalue weighted by molar-refractivity contribution is 0.134. The maximum atomic E-state index is 13.9. The predicted octanol–water partition coefficient (Wildman–Crippen LogP) is 3.25. The Hall–Kier alpha value is -1.70. The summed E-state index contributed by atoms with van der Waals surface area (Å²) in [5.74, 6) is -0.303. The zero-order chi connectivity index (χ0) is 17.9. The van der Waals surface area contributed by atoms with Crippen LogP contribution in [0.1, 0.15) is 18.4 Å². The molecular formula is C17H18ClFN2O3S. The minimum atomic E-state index is -3.59. The molecule has 1 saturated heterocycles. The Kier molecular flexibility index (Phi) is 5.56. The lowest BCUT2D eigenvalue weighted by Crippen LogP contribution is -2.42. The number of halogens is 2. The van der Waals surface area contributed by atoms with Crippen molar-refractivity contribution in [1.29, 1.82) is 0 Å². The van der Waals surface area contributed by atoms with Crippen molar-refractivity contribution >= 4 is 21.6 Å². The van der Waals surface area contributed by atoms with Crippen LogP contribution in [0.3, 0.4) is 0 Å². The van der Waals surface area contributed by atoms with Gasteiger partial charge in [-0.05, 0) is 37.1 Å². The standard InChI is InChI=1S/C17H18ClFN2O3S/c18-14-4-3-13(17(19)10-14)12-25(22,23)21-8-5-15(6-9-21)24-16-2-1-7-20-11-16/h1-4,7,10-11,15H,5-6,8-9,12H2. The molecule has 0 N–H and O–H groups in total. The summed E-state index contributed by atoms with van der Waals surface area (Å²) in [6.07, 6.45) is 4.40. The molecule has 0 unspecified atom stereocenters. The highest BCUT2D eigenvalue weighted by Crippen LogP contribution is 2.23. The molecule has 134 valence electrons. The van der Waals surface area contributed by atoms with Gasteiger partial charge in [0, 0.05) is 29.9 Å². The second-order valence-electron chi connectivity index (χ2n) is 5.90. The summed E-state index contributed by atoms with van der Waals surface area (Å²) >= 11 is 5.70. The Labute approximate surface area is 151 Å². The predicted molar refractivity (Wildman–Crippen MR) is 93.5 cm³/mol. The molecule has 8 heteroatoms. The molecule has 5 nitrogen and oxygen atoms in total. The van der Waals surface area contributed by atoms with Gasteiger partial charge in [0.15, 0.2) is 0 Å². The highest BCUT2D eigenvalue weighted by molar-refractivity contribution is 7.88. The van der Waals surface area contributed by atoms with Crippen molar-refractivity contribution in [2.24, 2.45) is 0 Å². The molecule has 1 aliphatic heterocycles. The quantitative estimate of drug-likeness (QED) is 0.794. The molecule has 1 aromatic carbocycles. The van der Waals surface area contributed by atoms with Crippen LogP contribution < -0.4 is 4.74 Å². The minimum Gasteiger partial charge on any atom is -0.489 e. The number of sulfonamides is 1. The zero-order valence-corrected chi connectivity index (χ0v) is 15.0. The zero-order valence-electron chi connectivity index (χ0n) is 13.4. The molecule has 0 bridgehead atoms. The van der Waals surface area contributed by atoms with Crippen molar-refractivity contribution in [2.75, 3.05) is 13.1 Å². The fraction of sp³-hybridized carbons (Fsp3) is 0.353. The Bertz CT molecular complexity index is 825. The molecule has 1 aromatic heterocycles.